The van der Waals surface area contributed by atoms with Crippen molar-refractivity contribution in [2.75, 3.05) is 24.5 Å². The topological polar surface area (TPSA) is 65.5 Å². The second kappa shape index (κ2) is 7.57. The summed E-state index contributed by atoms with van der Waals surface area (Å²) < 4.78 is 37.9. The number of hydrogen-bond donors (Lipinski definition) is 2. The van der Waals surface area contributed by atoms with Gasteiger partial charge in [-0.05, 0) is 25.8 Å². The molecular formula is C15H19ClF3N3O2. The highest BCUT2D eigenvalue weighted by molar-refractivity contribution is 6.33. The van der Waals surface area contributed by atoms with Gasteiger partial charge in [0.1, 0.15) is 5.82 Å². The standard InChI is InChI=1S/C15H19ClF3N3O2/c1-9(23)7-21-14(24)10-2-4-22(5-3-10)13-12(16)6-11(8-20-13)15(17,18)19/h6,8-10,23H,2-5,7H2,1H3,(H,21,24). The van der Waals surface area contributed by atoms with Gasteiger partial charge in [-0.2, -0.15) is 13.2 Å². The summed E-state index contributed by atoms with van der Waals surface area (Å²) in [5.74, 6) is -0.0113. The van der Waals surface area contributed by atoms with Gasteiger partial charge in [0.25, 0.3) is 0 Å². The summed E-state index contributed by atoms with van der Waals surface area (Å²) in [5.41, 5.74) is -0.886. The van der Waals surface area contributed by atoms with E-state index in [-0.39, 0.29) is 23.4 Å². The number of carbonyl (C=O) groups excluding carboxylic acids is 1. The molecule has 1 unspecified atom stereocenters. The van der Waals surface area contributed by atoms with Crippen LogP contribution < -0.4 is 10.2 Å². The third-order valence-electron chi connectivity index (χ3n) is 3.89. The zero-order valence-corrected chi connectivity index (χ0v) is 13.9. The summed E-state index contributed by atoms with van der Waals surface area (Å²) in [4.78, 5) is 17.6. The third-order valence-corrected chi connectivity index (χ3v) is 4.16. The van der Waals surface area contributed by atoms with Gasteiger partial charge in [-0.1, -0.05) is 11.6 Å². The minimum absolute atomic E-state index is 0.0539. The molecule has 5 nitrogen and oxygen atoms in total. The van der Waals surface area contributed by atoms with Gasteiger partial charge in [0.15, 0.2) is 0 Å². The molecule has 134 valence electrons. The molecule has 0 radical (unpaired) electrons. The van der Waals surface area contributed by atoms with Crippen molar-refractivity contribution >= 4 is 23.3 Å². The van der Waals surface area contributed by atoms with Crippen molar-refractivity contribution in [2.45, 2.75) is 32.0 Å². The monoisotopic (exact) mass is 365 g/mol. The van der Waals surface area contributed by atoms with Crippen LogP contribution >= 0.6 is 11.6 Å². The van der Waals surface area contributed by atoms with Crippen LogP contribution in [0.1, 0.15) is 25.3 Å². The number of halogens is 4. The quantitative estimate of drug-likeness (QED) is 0.860. The summed E-state index contributed by atoms with van der Waals surface area (Å²) >= 11 is 5.94. The SMILES string of the molecule is CC(O)CNC(=O)C1CCN(c2ncc(C(F)(F)F)cc2Cl)CC1. The number of amides is 1. The van der Waals surface area contributed by atoms with E-state index in [0.717, 1.165) is 12.3 Å². The number of aromatic nitrogens is 1. The number of rotatable bonds is 4. The van der Waals surface area contributed by atoms with Crippen LogP contribution in [0.4, 0.5) is 19.0 Å². The fourth-order valence-corrected chi connectivity index (χ4v) is 2.85. The number of nitrogens with zero attached hydrogens (tertiary/aromatic N) is 2. The lowest BCUT2D eigenvalue weighted by molar-refractivity contribution is -0.137. The van der Waals surface area contributed by atoms with Gasteiger partial charge in [0.05, 0.1) is 16.7 Å². The van der Waals surface area contributed by atoms with Crippen LogP contribution in [0.5, 0.6) is 0 Å². The first kappa shape index (κ1) is 18.8. The second-order valence-electron chi connectivity index (χ2n) is 5.88. The predicted molar refractivity (Wildman–Crippen MR) is 83.9 cm³/mol. The smallest absolute Gasteiger partial charge is 0.392 e. The van der Waals surface area contributed by atoms with Crippen LogP contribution in [0.15, 0.2) is 12.3 Å². The van der Waals surface area contributed by atoms with Crippen molar-refractivity contribution in [3.63, 3.8) is 0 Å². The van der Waals surface area contributed by atoms with Crippen LogP contribution in [0.2, 0.25) is 5.02 Å². The van der Waals surface area contributed by atoms with E-state index < -0.39 is 17.8 Å². The molecule has 9 heteroatoms. The first-order valence-corrected chi connectivity index (χ1v) is 7.99. The zero-order chi connectivity index (χ0) is 17.9. The van der Waals surface area contributed by atoms with Crippen molar-refractivity contribution in [3.8, 4) is 0 Å². The lowest BCUT2D eigenvalue weighted by atomic mass is 9.96. The van der Waals surface area contributed by atoms with Gasteiger partial charge in [-0.15, -0.1) is 0 Å². The van der Waals surface area contributed by atoms with E-state index in [2.05, 4.69) is 10.3 Å². The van der Waals surface area contributed by atoms with Crippen LogP contribution in [-0.4, -0.2) is 41.7 Å². The maximum atomic E-state index is 12.6. The number of nitrogens with one attached hydrogen (secondary N) is 1. The summed E-state index contributed by atoms with van der Waals surface area (Å²) in [7, 11) is 0. The summed E-state index contributed by atoms with van der Waals surface area (Å²) in [6.45, 7) is 2.74. The van der Waals surface area contributed by atoms with E-state index in [1.807, 2.05) is 0 Å². The second-order valence-corrected chi connectivity index (χ2v) is 6.29. The highest BCUT2D eigenvalue weighted by atomic mass is 35.5. The van der Waals surface area contributed by atoms with Crippen molar-refractivity contribution in [1.29, 1.82) is 0 Å². The molecule has 1 amide bonds. The Bertz CT molecular complexity index is 588. The Morgan fingerprint density at radius 1 is 1.50 bits per heavy atom. The number of aliphatic hydroxyl groups excluding tert-OH is 1. The molecule has 2 heterocycles. The van der Waals surface area contributed by atoms with E-state index in [1.165, 1.54) is 0 Å². The Morgan fingerprint density at radius 3 is 2.62 bits per heavy atom. The molecule has 2 rings (SSSR count). The molecule has 1 aliphatic heterocycles. The van der Waals surface area contributed by atoms with Gasteiger partial charge >= 0.3 is 6.18 Å². The Kier molecular flexibility index (Phi) is 5.92. The number of pyridine rings is 1. The molecule has 24 heavy (non-hydrogen) atoms. The average molecular weight is 366 g/mol. The summed E-state index contributed by atoms with van der Waals surface area (Å²) in [6.07, 6.45) is -3.23. The zero-order valence-electron chi connectivity index (χ0n) is 13.1. The minimum Gasteiger partial charge on any atom is -0.392 e. The van der Waals surface area contributed by atoms with Crippen LogP contribution in [0.3, 0.4) is 0 Å². The molecule has 0 aliphatic carbocycles. The number of hydrogen-bond acceptors (Lipinski definition) is 4. The lowest BCUT2D eigenvalue weighted by Crippen LogP contribution is -2.42. The third kappa shape index (κ3) is 4.73. The molecule has 1 fully saturated rings. The molecule has 0 spiro atoms. The molecule has 1 aromatic heterocycles. The van der Waals surface area contributed by atoms with Gasteiger partial charge < -0.3 is 15.3 Å². The molecular weight excluding hydrogens is 347 g/mol. The minimum atomic E-state index is -4.48. The number of aliphatic hydroxyl groups is 1. The highest BCUT2D eigenvalue weighted by Gasteiger charge is 2.33. The van der Waals surface area contributed by atoms with Gasteiger partial charge in [-0.3, -0.25) is 4.79 Å². The summed E-state index contributed by atoms with van der Waals surface area (Å²) in [6, 6.07) is 0.866. The first-order valence-electron chi connectivity index (χ1n) is 7.62. The van der Waals surface area contributed by atoms with E-state index in [0.29, 0.717) is 31.7 Å². The number of piperidine rings is 1. The number of anilines is 1. The number of alkyl halides is 3. The van der Waals surface area contributed by atoms with Crippen molar-refractivity contribution in [1.82, 2.24) is 10.3 Å². The maximum absolute atomic E-state index is 12.6. The molecule has 1 atom stereocenters. The Hall–Kier alpha value is -1.54. The maximum Gasteiger partial charge on any atom is 0.417 e. The first-order chi connectivity index (χ1) is 11.2. The van der Waals surface area contributed by atoms with E-state index in [4.69, 9.17) is 11.6 Å². The molecule has 1 aromatic rings. The van der Waals surface area contributed by atoms with Crippen molar-refractivity contribution < 1.29 is 23.1 Å². The van der Waals surface area contributed by atoms with Gasteiger partial charge in [-0.25, -0.2) is 4.98 Å². The Balaban J connectivity index is 1.96. The largest absolute Gasteiger partial charge is 0.417 e. The Labute approximate surface area is 142 Å². The van der Waals surface area contributed by atoms with Crippen molar-refractivity contribution in [3.05, 3.63) is 22.8 Å². The lowest BCUT2D eigenvalue weighted by Gasteiger charge is -2.32. The average Bonchev–Trinajstić information content (AvgIpc) is 2.52. The molecule has 1 aliphatic rings. The van der Waals surface area contributed by atoms with E-state index in [9.17, 15) is 23.1 Å². The van der Waals surface area contributed by atoms with Gasteiger partial charge in [0.2, 0.25) is 5.91 Å². The summed E-state index contributed by atoms with van der Waals surface area (Å²) in [5, 5.41) is 11.8. The normalized spacial score (nSPS) is 17.7. The fraction of sp³-hybridized carbons (Fsp3) is 0.600. The fourth-order valence-electron chi connectivity index (χ4n) is 2.56. The van der Waals surface area contributed by atoms with Crippen LogP contribution in [0.25, 0.3) is 0 Å². The highest BCUT2D eigenvalue weighted by Crippen LogP contribution is 2.34. The predicted octanol–water partition coefficient (Wildman–Crippen LogP) is 2.47. The van der Waals surface area contributed by atoms with E-state index in [1.54, 1.807) is 11.8 Å². The van der Waals surface area contributed by atoms with E-state index >= 15 is 0 Å². The molecule has 2 N–H and O–H groups in total. The van der Waals surface area contributed by atoms with Crippen molar-refractivity contribution in [2.24, 2.45) is 5.92 Å². The molecule has 0 bridgehead atoms. The molecule has 0 aromatic carbocycles. The van der Waals surface area contributed by atoms with Gasteiger partial charge in [0, 0.05) is 31.7 Å². The molecule has 0 saturated carbocycles. The molecule has 1 saturated heterocycles. The van der Waals surface area contributed by atoms with Crippen LogP contribution in [0, 0.1) is 5.92 Å². The number of carbonyl (C=O) groups is 1. The Morgan fingerprint density at radius 2 is 2.12 bits per heavy atom. The van der Waals surface area contributed by atoms with Crippen LogP contribution in [-0.2, 0) is 11.0 Å².